The monoisotopic (exact) mass is 714 g/mol. The molecule has 0 saturated heterocycles. The van der Waals surface area contributed by atoms with Crippen LogP contribution in [0.1, 0.15) is 136 Å². The van der Waals surface area contributed by atoms with Gasteiger partial charge in [-0.2, -0.15) is 0 Å². The molecule has 0 spiro atoms. The molecule has 0 atom stereocenters. The summed E-state index contributed by atoms with van der Waals surface area (Å²) in [6, 6.07) is 0. The normalized spacial score (nSPS) is 11.5. The highest BCUT2D eigenvalue weighted by Crippen LogP contribution is 2.11. The van der Waals surface area contributed by atoms with Gasteiger partial charge in [0, 0.05) is 12.8 Å². The summed E-state index contributed by atoms with van der Waals surface area (Å²) < 4.78 is 12.8. The molecule has 0 aliphatic heterocycles. The van der Waals surface area contributed by atoms with Crippen molar-refractivity contribution in [1.82, 2.24) is 0 Å². The van der Waals surface area contributed by atoms with E-state index in [-0.39, 0.29) is 45.9 Å². The van der Waals surface area contributed by atoms with Gasteiger partial charge in [0.2, 0.25) is 0 Å². The van der Waals surface area contributed by atoms with E-state index in [4.69, 9.17) is 9.47 Å². The van der Waals surface area contributed by atoms with Gasteiger partial charge in [0.05, 0.1) is 41.3 Å². The van der Waals surface area contributed by atoms with Gasteiger partial charge in [-0.05, 0) is 38.5 Å². The first-order valence-electron chi connectivity index (χ1n) is 16.6. The predicted octanol–water partition coefficient (Wildman–Crippen LogP) is 1.69. The van der Waals surface area contributed by atoms with Gasteiger partial charge >= 0.3 is 11.9 Å². The number of unbranched alkanes of at least 4 members (excludes halogenated alkanes) is 14. The number of rotatable bonds is 28. The van der Waals surface area contributed by atoms with Crippen LogP contribution in [0.15, 0.2) is 0 Å². The zero-order valence-electron chi connectivity index (χ0n) is 28.0. The fourth-order valence-corrected chi connectivity index (χ4v) is 4.89. The first-order chi connectivity index (χ1) is 18.6. The topological polar surface area (TPSA) is 52.6 Å². The molecule has 0 fully saturated rings. The predicted molar refractivity (Wildman–Crippen MR) is 165 cm³/mol. The minimum absolute atomic E-state index is 0. The van der Waals surface area contributed by atoms with Crippen molar-refractivity contribution in [2.24, 2.45) is 0 Å². The number of carbonyl (C=O) groups is 2. The zero-order chi connectivity index (χ0) is 29.2. The molecular formula is C33H68Br2N2O4. The van der Waals surface area contributed by atoms with Gasteiger partial charge in [0.15, 0.2) is 0 Å². The molecule has 41 heavy (non-hydrogen) atoms. The Hall–Kier alpha value is -0.180. The standard InChI is InChI=1S/C33H68N2O4.2BrH/c1-7-9-11-13-18-22-26-34(3,4)28-30-38-32(36)24-20-16-15-17-21-25-33(37)39-31-29-35(5,6)27-23-19-14-12-10-8-2;;/h7-31H2,1-6H3;2*1H/q+2;;/p-2. The van der Waals surface area contributed by atoms with E-state index in [2.05, 4.69) is 42.0 Å². The molecule has 0 amide bonds. The van der Waals surface area contributed by atoms with Crippen LogP contribution in [-0.4, -0.2) is 88.5 Å². The minimum Gasteiger partial charge on any atom is -1.00 e. The molecule has 0 aromatic heterocycles. The highest BCUT2D eigenvalue weighted by Gasteiger charge is 2.16. The maximum absolute atomic E-state index is 12.1. The fraction of sp³-hybridized carbons (Fsp3) is 0.939. The lowest BCUT2D eigenvalue weighted by Crippen LogP contribution is -3.00. The Morgan fingerprint density at radius 3 is 1.07 bits per heavy atom. The summed E-state index contributed by atoms with van der Waals surface area (Å²) >= 11 is 0. The third-order valence-electron chi connectivity index (χ3n) is 7.92. The molecular weight excluding hydrogens is 648 g/mol. The number of carbonyl (C=O) groups excluding carboxylic acids is 2. The summed E-state index contributed by atoms with van der Waals surface area (Å²) in [5.41, 5.74) is 0. The van der Waals surface area contributed by atoms with Gasteiger partial charge in [0.25, 0.3) is 0 Å². The molecule has 248 valence electrons. The third-order valence-corrected chi connectivity index (χ3v) is 7.92. The maximum Gasteiger partial charge on any atom is 0.305 e. The van der Waals surface area contributed by atoms with E-state index in [9.17, 15) is 9.59 Å². The molecule has 0 aliphatic rings. The molecule has 0 bridgehead atoms. The molecule has 6 nitrogen and oxygen atoms in total. The molecule has 8 heteroatoms. The van der Waals surface area contributed by atoms with Gasteiger partial charge in [-0.3, -0.25) is 9.59 Å². The molecule has 0 aromatic carbocycles. The lowest BCUT2D eigenvalue weighted by molar-refractivity contribution is -0.890. The Balaban J connectivity index is -0.00000722. The summed E-state index contributed by atoms with van der Waals surface area (Å²) in [5.74, 6) is -0.146. The van der Waals surface area contributed by atoms with E-state index in [1.165, 1.54) is 77.0 Å². The summed E-state index contributed by atoms with van der Waals surface area (Å²) in [5, 5.41) is 0. The summed E-state index contributed by atoms with van der Waals surface area (Å²) in [6.45, 7) is 9.59. The van der Waals surface area contributed by atoms with Crippen LogP contribution in [0, 0.1) is 0 Å². The molecule has 0 N–H and O–H groups in total. The van der Waals surface area contributed by atoms with Crippen LogP contribution in [0.4, 0.5) is 0 Å². The third kappa shape index (κ3) is 32.6. The van der Waals surface area contributed by atoms with E-state index in [1.54, 1.807) is 0 Å². The summed E-state index contributed by atoms with van der Waals surface area (Å²) in [6.07, 6.45) is 21.6. The number of ether oxygens (including phenoxy) is 2. The van der Waals surface area contributed by atoms with Crippen molar-refractivity contribution in [3.05, 3.63) is 0 Å². The molecule has 0 rings (SSSR count). The number of quaternary nitrogens is 2. The zero-order valence-corrected chi connectivity index (χ0v) is 31.1. The van der Waals surface area contributed by atoms with Gasteiger partial charge in [0.1, 0.15) is 26.3 Å². The first kappa shape index (κ1) is 45.3. The smallest absolute Gasteiger partial charge is 0.305 e. The molecule has 0 heterocycles. The van der Waals surface area contributed by atoms with Crippen molar-refractivity contribution >= 4 is 11.9 Å². The number of hydrogen-bond donors (Lipinski definition) is 0. The fourth-order valence-electron chi connectivity index (χ4n) is 4.89. The molecule has 0 unspecified atom stereocenters. The van der Waals surface area contributed by atoms with Crippen LogP contribution in [0.3, 0.4) is 0 Å². The number of esters is 2. The Morgan fingerprint density at radius 2 is 0.732 bits per heavy atom. The van der Waals surface area contributed by atoms with Gasteiger partial charge in [-0.15, -0.1) is 0 Å². The molecule has 0 radical (unpaired) electrons. The second-order valence-corrected chi connectivity index (χ2v) is 13.0. The minimum atomic E-state index is -0.0732. The van der Waals surface area contributed by atoms with Gasteiger partial charge in [-0.1, -0.05) is 84.5 Å². The van der Waals surface area contributed by atoms with Crippen molar-refractivity contribution < 1.29 is 62.0 Å². The van der Waals surface area contributed by atoms with Crippen LogP contribution in [0.5, 0.6) is 0 Å². The van der Waals surface area contributed by atoms with E-state index >= 15 is 0 Å². The number of halogens is 2. The second kappa shape index (κ2) is 29.9. The number of hydrogen-bond acceptors (Lipinski definition) is 4. The van der Waals surface area contributed by atoms with Crippen LogP contribution in [-0.2, 0) is 19.1 Å². The number of nitrogens with zero attached hydrogens (tertiary/aromatic N) is 2. The SMILES string of the molecule is CCCCCCCC[N+](C)(C)CCOC(=O)CCCCCCCC(=O)OCC[N+](C)(C)CCCCCCCC.[Br-].[Br-]. The largest absolute Gasteiger partial charge is 1.00 e. The van der Waals surface area contributed by atoms with Crippen molar-refractivity contribution in [3.63, 3.8) is 0 Å². The van der Waals surface area contributed by atoms with E-state index in [0.717, 1.165) is 67.2 Å². The summed E-state index contributed by atoms with van der Waals surface area (Å²) in [4.78, 5) is 24.1. The van der Waals surface area contributed by atoms with Crippen molar-refractivity contribution in [1.29, 1.82) is 0 Å². The van der Waals surface area contributed by atoms with Crippen LogP contribution >= 0.6 is 0 Å². The average molecular weight is 717 g/mol. The Labute approximate surface area is 276 Å². The van der Waals surface area contributed by atoms with Crippen molar-refractivity contribution in [2.75, 3.05) is 67.6 Å². The Kier molecular flexibility index (Phi) is 33.0. The highest BCUT2D eigenvalue weighted by atomic mass is 79.9. The van der Waals surface area contributed by atoms with Gasteiger partial charge < -0.3 is 52.4 Å². The first-order valence-corrected chi connectivity index (χ1v) is 16.6. The highest BCUT2D eigenvalue weighted by molar-refractivity contribution is 5.69. The van der Waals surface area contributed by atoms with E-state index < -0.39 is 0 Å². The van der Waals surface area contributed by atoms with Crippen LogP contribution < -0.4 is 34.0 Å². The number of likely N-dealkylation sites (N-methyl/N-ethyl adjacent to an activating group) is 2. The second-order valence-electron chi connectivity index (χ2n) is 13.0. The molecule has 0 aliphatic carbocycles. The van der Waals surface area contributed by atoms with Gasteiger partial charge in [-0.25, -0.2) is 0 Å². The van der Waals surface area contributed by atoms with Crippen molar-refractivity contribution in [3.8, 4) is 0 Å². The Morgan fingerprint density at radius 1 is 0.439 bits per heavy atom. The quantitative estimate of drug-likeness (QED) is 0.0704. The molecule has 0 aromatic rings. The van der Waals surface area contributed by atoms with Crippen LogP contribution in [0.25, 0.3) is 0 Å². The van der Waals surface area contributed by atoms with E-state index in [1.807, 2.05) is 0 Å². The van der Waals surface area contributed by atoms with Crippen molar-refractivity contribution in [2.45, 2.75) is 136 Å². The average Bonchev–Trinajstić information content (AvgIpc) is 2.87. The van der Waals surface area contributed by atoms with Crippen LogP contribution in [0.2, 0.25) is 0 Å². The lowest BCUT2D eigenvalue weighted by atomic mass is 10.1. The lowest BCUT2D eigenvalue weighted by Gasteiger charge is -2.29. The van der Waals surface area contributed by atoms with E-state index in [0.29, 0.717) is 26.1 Å². The molecule has 0 saturated carbocycles. The Bertz CT molecular complexity index is 554. The summed E-state index contributed by atoms with van der Waals surface area (Å²) in [7, 11) is 8.92. The maximum atomic E-state index is 12.1.